The van der Waals surface area contributed by atoms with Gasteiger partial charge in [-0.15, -0.1) is 0 Å². The van der Waals surface area contributed by atoms with Crippen molar-refractivity contribution in [2.75, 3.05) is 0 Å². The molecule has 6 heteroatoms. The van der Waals surface area contributed by atoms with Gasteiger partial charge in [0.15, 0.2) is 0 Å². The Labute approximate surface area is 122 Å². The molecule has 0 aliphatic heterocycles. The molecule has 1 amide bonds. The second-order valence-corrected chi connectivity index (χ2v) is 5.27. The average Bonchev–Trinajstić information content (AvgIpc) is 2.86. The van der Waals surface area contributed by atoms with Crippen LogP contribution in [0.15, 0.2) is 24.5 Å². The van der Waals surface area contributed by atoms with E-state index >= 15 is 0 Å². The van der Waals surface area contributed by atoms with Crippen LogP contribution in [-0.4, -0.2) is 32.4 Å². The Balaban J connectivity index is 2.23. The number of carboxylic acid groups (broad SMARTS) is 1. The maximum Gasteiger partial charge on any atom is 0.326 e. The SMILES string of the molecule is CCC(C)C(NC(=O)c1cn2ccc(C)cc2n1)C(=O)O. The minimum atomic E-state index is -1.03. The summed E-state index contributed by atoms with van der Waals surface area (Å²) in [5.41, 5.74) is 1.92. The number of nitrogens with one attached hydrogen (secondary N) is 1. The van der Waals surface area contributed by atoms with Crippen molar-refractivity contribution >= 4 is 17.5 Å². The zero-order chi connectivity index (χ0) is 15.6. The molecule has 2 heterocycles. The number of aryl methyl sites for hydroxylation is 1. The molecular weight excluding hydrogens is 270 g/mol. The van der Waals surface area contributed by atoms with E-state index in [1.54, 1.807) is 17.5 Å². The first-order valence-corrected chi connectivity index (χ1v) is 6.91. The van der Waals surface area contributed by atoms with Crippen LogP contribution >= 0.6 is 0 Å². The number of hydrogen-bond donors (Lipinski definition) is 2. The maximum atomic E-state index is 12.2. The fraction of sp³-hybridized carbons (Fsp3) is 0.400. The number of carboxylic acids is 1. The monoisotopic (exact) mass is 289 g/mol. The molecule has 0 saturated heterocycles. The van der Waals surface area contributed by atoms with E-state index in [-0.39, 0.29) is 11.6 Å². The Bertz CT molecular complexity index is 678. The highest BCUT2D eigenvalue weighted by Crippen LogP contribution is 2.11. The van der Waals surface area contributed by atoms with Crippen LogP contribution < -0.4 is 5.32 Å². The highest BCUT2D eigenvalue weighted by molar-refractivity contribution is 5.95. The number of fused-ring (bicyclic) bond motifs is 1. The number of imidazole rings is 1. The van der Waals surface area contributed by atoms with Gasteiger partial charge in [0.05, 0.1) is 0 Å². The van der Waals surface area contributed by atoms with Crippen molar-refractivity contribution in [3.63, 3.8) is 0 Å². The number of carbonyl (C=O) groups excluding carboxylic acids is 1. The Hall–Kier alpha value is -2.37. The molecule has 0 aromatic carbocycles. The first-order chi connectivity index (χ1) is 9.92. The van der Waals surface area contributed by atoms with Gasteiger partial charge in [0.1, 0.15) is 17.4 Å². The summed E-state index contributed by atoms with van der Waals surface area (Å²) in [6.07, 6.45) is 4.08. The summed E-state index contributed by atoms with van der Waals surface area (Å²) < 4.78 is 1.74. The van der Waals surface area contributed by atoms with Gasteiger partial charge in [-0.1, -0.05) is 20.3 Å². The molecule has 2 rings (SSSR count). The van der Waals surface area contributed by atoms with E-state index in [2.05, 4.69) is 10.3 Å². The summed E-state index contributed by atoms with van der Waals surface area (Å²) in [4.78, 5) is 27.7. The van der Waals surface area contributed by atoms with E-state index in [1.807, 2.05) is 32.2 Å². The van der Waals surface area contributed by atoms with Crippen molar-refractivity contribution in [3.05, 3.63) is 35.8 Å². The van der Waals surface area contributed by atoms with Gasteiger partial charge in [-0.2, -0.15) is 0 Å². The van der Waals surface area contributed by atoms with Gasteiger partial charge >= 0.3 is 5.97 Å². The number of nitrogens with zero attached hydrogens (tertiary/aromatic N) is 2. The second kappa shape index (κ2) is 5.95. The maximum absolute atomic E-state index is 12.2. The Kier molecular flexibility index (Phi) is 4.26. The molecule has 0 aliphatic rings. The molecule has 112 valence electrons. The van der Waals surface area contributed by atoms with Crippen LogP contribution in [0, 0.1) is 12.8 Å². The lowest BCUT2D eigenvalue weighted by Crippen LogP contribution is -2.45. The van der Waals surface area contributed by atoms with Gasteiger partial charge in [-0.25, -0.2) is 9.78 Å². The van der Waals surface area contributed by atoms with Crippen molar-refractivity contribution in [1.82, 2.24) is 14.7 Å². The van der Waals surface area contributed by atoms with Gasteiger partial charge in [0.2, 0.25) is 0 Å². The summed E-state index contributed by atoms with van der Waals surface area (Å²) in [7, 11) is 0. The van der Waals surface area contributed by atoms with Gasteiger partial charge in [-0.05, 0) is 30.5 Å². The van der Waals surface area contributed by atoms with Gasteiger partial charge < -0.3 is 14.8 Å². The van der Waals surface area contributed by atoms with Gasteiger partial charge in [0.25, 0.3) is 5.91 Å². The zero-order valence-corrected chi connectivity index (χ0v) is 12.3. The van der Waals surface area contributed by atoms with Crippen LogP contribution in [0.4, 0.5) is 0 Å². The minimum Gasteiger partial charge on any atom is -0.480 e. The minimum absolute atomic E-state index is 0.147. The molecule has 0 saturated carbocycles. The summed E-state index contributed by atoms with van der Waals surface area (Å²) in [6, 6.07) is 2.87. The average molecular weight is 289 g/mol. The normalized spacial score (nSPS) is 13.9. The largest absolute Gasteiger partial charge is 0.480 e. The first kappa shape index (κ1) is 15.0. The van der Waals surface area contributed by atoms with E-state index in [9.17, 15) is 14.7 Å². The van der Waals surface area contributed by atoms with Crippen LogP contribution in [-0.2, 0) is 4.79 Å². The molecule has 0 aliphatic carbocycles. The van der Waals surface area contributed by atoms with E-state index in [1.165, 1.54) is 0 Å². The lowest BCUT2D eigenvalue weighted by atomic mass is 9.99. The molecule has 6 nitrogen and oxygen atoms in total. The summed E-state index contributed by atoms with van der Waals surface area (Å²) in [6.45, 7) is 5.63. The van der Waals surface area contributed by atoms with Crippen molar-refractivity contribution in [1.29, 1.82) is 0 Å². The number of hydrogen-bond acceptors (Lipinski definition) is 3. The number of carbonyl (C=O) groups is 2. The van der Waals surface area contributed by atoms with Crippen LogP contribution in [0.1, 0.15) is 36.3 Å². The predicted molar refractivity (Wildman–Crippen MR) is 78.3 cm³/mol. The fourth-order valence-electron chi connectivity index (χ4n) is 2.09. The Morgan fingerprint density at radius 3 is 2.81 bits per heavy atom. The topological polar surface area (TPSA) is 83.7 Å². The molecule has 21 heavy (non-hydrogen) atoms. The van der Waals surface area contributed by atoms with E-state index in [0.717, 1.165) is 5.56 Å². The molecule has 2 aromatic heterocycles. The van der Waals surface area contributed by atoms with E-state index < -0.39 is 17.9 Å². The van der Waals surface area contributed by atoms with Crippen molar-refractivity contribution in [3.8, 4) is 0 Å². The lowest BCUT2D eigenvalue weighted by molar-refractivity contribution is -0.140. The molecule has 0 fully saturated rings. The van der Waals surface area contributed by atoms with Crippen LogP contribution in [0.25, 0.3) is 5.65 Å². The quantitative estimate of drug-likeness (QED) is 0.880. The molecule has 2 N–H and O–H groups in total. The summed E-state index contributed by atoms with van der Waals surface area (Å²) in [5, 5.41) is 11.8. The molecule has 2 aromatic rings. The molecule has 0 bridgehead atoms. The summed E-state index contributed by atoms with van der Waals surface area (Å²) in [5.74, 6) is -1.65. The molecule has 0 radical (unpaired) electrons. The first-order valence-electron chi connectivity index (χ1n) is 6.91. The lowest BCUT2D eigenvalue weighted by Gasteiger charge is -2.19. The van der Waals surface area contributed by atoms with Crippen molar-refractivity contribution in [2.45, 2.75) is 33.2 Å². The third-order valence-corrected chi connectivity index (χ3v) is 3.61. The number of aromatic nitrogens is 2. The molecular formula is C15H19N3O3. The zero-order valence-electron chi connectivity index (χ0n) is 12.3. The van der Waals surface area contributed by atoms with Crippen LogP contribution in [0.2, 0.25) is 0 Å². The fourth-order valence-corrected chi connectivity index (χ4v) is 2.09. The standard InChI is InChI=1S/C15H19N3O3/c1-4-10(3)13(15(20)21)17-14(19)11-8-18-6-5-9(2)7-12(18)16-11/h5-8,10,13H,4H2,1-3H3,(H,17,19)(H,20,21). The second-order valence-electron chi connectivity index (χ2n) is 5.27. The van der Waals surface area contributed by atoms with Crippen LogP contribution in [0.3, 0.4) is 0 Å². The Morgan fingerprint density at radius 2 is 2.19 bits per heavy atom. The molecule has 2 atom stereocenters. The number of aliphatic carboxylic acids is 1. The van der Waals surface area contributed by atoms with Gasteiger partial charge in [-0.3, -0.25) is 4.79 Å². The smallest absolute Gasteiger partial charge is 0.326 e. The summed E-state index contributed by atoms with van der Waals surface area (Å²) >= 11 is 0. The van der Waals surface area contributed by atoms with Crippen LogP contribution in [0.5, 0.6) is 0 Å². The Morgan fingerprint density at radius 1 is 1.48 bits per heavy atom. The van der Waals surface area contributed by atoms with Crippen molar-refractivity contribution in [2.24, 2.45) is 5.92 Å². The molecule has 0 spiro atoms. The third kappa shape index (κ3) is 3.21. The highest BCUT2D eigenvalue weighted by atomic mass is 16.4. The van der Waals surface area contributed by atoms with E-state index in [0.29, 0.717) is 12.1 Å². The van der Waals surface area contributed by atoms with E-state index in [4.69, 9.17) is 0 Å². The number of pyridine rings is 1. The molecule has 2 unspecified atom stereocenters. The predicted octanol–water partition coefficient (Wildman–Crippen LogP) is 1.87. The highest BCUT2D eigenvalue weighted by Gasteiger charge is 2.26. The number of rotatable bonds is 5. The van der Waals surface area contributed by atoms with Gasteiger partial charge in [0, 0.05) is 12.4 Å². The number of amides is 1. The van der Waals surface area contributed by atoms with Crippen molar-refractivity contribution < 1.29 is 14.7 Å². The third-order valence-electron chi connectivity index (χ3n) is 3.61.